The third kappa shape index (κ3) is 1.69. The van der Waals surface area contributed by atoms with Gasteiger partial charge in [-0.2, -0.15) is 20.1 Å². The molecule has 0 bridgehead atoms. The van der Waals surface area contributed by atoms with Crippen LogP contribution in [0.1, 0.15) is 0 Å². The van der Waals surface area contributed by atoms with Crippen molar-refractivity contribution in [1.29, 1.82) is 0 Å². The van der Waals surface area contributed by atoms with Gasteiger partial charge in [-0.3, -0.25) is 4.68 Å². The molecule has 5 nitrogen and oxygen atoms in total. The van der Waals surface area contributed by atoms with Gasteiger partial charge in [-0.25, -0.2) is 0 Å². The molecule has 0 saturated heterocycles. The minimum atomic E-state index is 0.0706. The number of nitrogens with zero attached hydrogens (tertiary/aromatic N) is 5. The van der Waals surface area contributed by atoms with E-state index in [2.05, 4.69) is 20.1 Å². The maximum absolute atomic E-state index is 5.64. The lowest BCUT2D eigenvalue weighted by atomic mass is 10.4. The Hall–Kier alpha value is -1.20. The first-order valence-electron chi connectivity index (χ1n) is 3.72. The van der Waals surface area contributed by atoms with E-state index in [0.29, 0.717) is 5.82 Å². The molecule has 0 aromatic carbocycles. The molecule has 2 heterocycles. The fraction of sp³-hybridized carbons (Fsp3) is 0.143. The summed E-state index contributed by atoms with van der Waals surface area (Å²) in [6.45, 7) is 0. The van der Waals surface area contributed by atoms with Crippen LogP contribution in [-0.2, 0) is 7.05 Å². The first-order valence-corrected chi connectivity index (χ1v) is 4.48. The van der Waals surface area contributed by atoms with Crippen molar-refractivity contribution >= 4 is 23.2 Å². The first kappa shape index (κ1) is 9.36. The van der Waals surface area contributed by atoms with E-state index in [9.17, 15) is 0 Å². The lowest BCUT2D eigenvalue weighted by Crippen LogP contribution is -1.99. The average Bonchev–Trinajstić information content (AvgIpc) is 2.49. The summed E-state index contributed by atoms with van der Waals surface area (Å²) in [6, 6.07) is 1.77. The van der Waals surface area contributed by atoms with E-state index in [1.807, 2.05) is 0 Å². The van der Waals surface area contributed by atoms with Crippen LogP contribution >= 0.6 is 23.2 Å². The van der Waals surface area contributed by atoms with E-state index in [4.69, 9.17) is 23.2 Å². The predicted octanol–water partition coefficient (Wildman–Crippen LogP) is 1.58. The van der Waals surface area contributed by atoms with E-state index in [0.717, 1.165) is 5.69 Å². The average molecular weight is 230 g/mol. The van der Waals surface area contributed by atoms with Crippen molar-refractivity contribution in [3.63, 3.8) is 0 Å². The van der Waals surface area contributed by atoms with Gasteiger partial charge in [-0.05, 0) is 29.3 Å². The Morgan fingerprint density at radius 1 is 1.14 bits per heavy atom. The highest BCUT2D eigenvalue weighted by Crippen LogP contribution is 2.16. The topological polar surface area (TPSA) is 56.5 Å². The Balaban J connectivity index is 2.57. The molecule has 0 saturated carbocycles. The summed E-state index contributed by atoms with van der Waals surface area (Å²) in [5, 5.41) is 4.12. The van der Waals surface area contributed by atoms with Gasteiger partial charge in [0.2, 0.25) is 10.6 Å². The molecule has 0 fully saturated rings. The molecule has 0 aliphatic rings. The van der Waals surface area contributed by atoms with Gasteiger partial charge in [-0.1, -0.05) is 0 Å². The summed E-state index contributed by atoms with van der Waals surface area (Å²) >= 11 is 11.3. The Morgan fingerprint density at radius 2 is 1.79 bits per heavy atom. The molecule has 0 amide bonds. The number of rotatable bonds is 1. The Kier molecular flexibility index (Phi) is 2.35. The third-order valence-corrected chi connectivity index (χ3v) is 1.97. The summed E-state index contributed by atoms with van der Waals surface area (Å²) in [5.41, 5.74) is 0.733. The summed E-state index contributed by atoms with van der Waals surface area (Å²) in [5.74, 6) is 0.412. The maximum atomic E-state index is 5.64. The lowest BCUT2D eigenvalue weighted by Gasteiger charge is -2.00. The second-order valence-electron chi connectivity index (χ2n) is 2.54. The van der Waals surface area contributed by atoms with Gasteiger partial charge >= 0.3 is 0 Å². The van der Waals surface area contributed by atoms with Crippen LogP contribution in [-0.4, -0.2) is 24.7 Å². The fourth-order valence-electron chi connectivity index (χ4n) is 1.03. The summed E-state index contributed by atoms with van der Waals surface area (Å²) in [6.07, 6.45) is 1.64. The Morgan fingerprint density at radius 3 is 2.29 bits per heavy atom. The minimum absolute atomic E-state index is 0.0706. The number of hydrogen-bond donors (Lipinski definition) is 0. The van der Waals surface area contributed by atoms with Crippen molar-refractivity contribution in [2.24, 2.45) is 7.05 Å². The number of aryl methyl sites for hydroxylation is 1. The highest BCUT2D eigenvalue weighted by molar-refractivity contribution is 6.31. The van der Waals surface area contributed by atoms with Crippen LogP contribution in [0.4, 0.5) is 0 Å². The molecule has 2 aromatic heterocycles. The van der Waals surface area contributed by atoms with Crippen LogP contribution in [0, 0.1) is 0 Å². The van der Waals surface area contributed by atoms with Crippen molar-refractivity contribution < 1.29 is 0 Å². The smallest absolute Gasteiger partial charge is 0.227 e. The zero-order chi connectivity index (χ0) is 10.1. The van der Waals surface area contributed by atoms with E-state index in [-0.39, 0.29) is 10.6 Å². The standard InChI is InChI=1S/C7H5Cl2N5/c1-14-4(2-3-10-14)5-11-6(8)13-7(9)12-5/h2-3H,1H3. The van der Waals surface area contributed by atoms with Crippen molar-refractivity contribution in [3.8, 4) is 11.5 Å². The molecule has 0 aliphatic carbocycles. The molecule has 7 heteroatoms. The van der Waals surface area contributed by atoms with Crippen LogP contribution in [0.3, 0.4) is 0 Å². The third-order valence-electron chi connectivity index (χ3n) is 1.63. The van der Waals surface area contributed by atoms with E-state index in [1.165, 1.54) is 0 Å². The van der Waals surface area contributed by atoms with Crippen LogP contribution in [0.15, 0.2) is 12.3 Å². The molecule has 2 rings (SSSR count). The highest BCUT2D eigenvalue weighted by atomic mass is 35.5. The molecule has 0 spiro atoms. The summed E-state index contributed by atoms with van der Waals surface area (Å²) in [7, 11) is 1.78. The normalized spacial score (nSPS) is 10.5. The zero-order valence-electron chi connectivity index (χ0n) is 7.15. The van der Waals surface area contributed by atoms with Crippen LogP contribution in [0.2, 0.25) is 10.6 Å². The van der Waals surface area contributed by atoms with Gasteiger partial charge in [0, 0.05) is 13.2 Å². The molecule has 0 atom stereocenters. The van der Waals surface area contributed by atoms with Gasteiger partial charge in [0.15, 0.2) is 5.82 Å². The SMILES string of the molecule is Cn1nccc1-c1nc(Cl)nc(Cl)n1. The van der Waals surface area contributed by atoms with E-state index in [1.54, 1.807) is 24.0 Å². The van der Waals surface area contributed by atoms with Gasteiger partial charge in [0.1, 0.15) is 5.69 Å². The fourth-order valence-corrected chi connectivity index (χ4v) is 1.40. The lowest BCUT2D eigenvalue weighted by molar-refractivity contribution is 0.768. The molecule has 0 radical (unpaired) electrons. The quantitative estimate of drug-likeness (QED) is 0.746. The Bertz CT molecular complexity index is 447. The molecule has 14 heavy (non-hydrogen) atoms. The largest absolute Gasteiger partial charge is 0.265 e. The van der Waals surface area contributed by atoms with Crippen molar-refractivity contribution in [2.45, 2.75) is 0 Å². The summed E-state index contributed by atoms with van der Waals surface area (Å²) < 4.78 is 1.63. The van der Waals surface area contributed by atoms with Gasteiger partial charge in [0.25, 0.3) is 0 Å². The van der Waals surface area contributed by atoms with Crippen molar-refractivity contribution in [2.75, 3.05) is 0 Å². The zero-order valence-corrected chi connectivity index (χ0v) is 8.66. The molecular formula is C7H5Cl2N5. The van der Waals surface area contributed by atoms with Crippen molar-refractivity contribution in [3.05, 3.63) is 22.8 Å². The van der Waals surface area contributed by atoms with Gasteiger partial charge in [-0.15, -0.1) is 0 Å². The number of aromatic nitrogens is 5. The Labute approximate surface area is 89.7 Å². The second kappa shape index (κ2) is 3.51. The van der Waals surface area contributed by atoms with Crippen molar-refractivity contribution in [1.82, 2.24) is 24.7 Å². The van der Waals surface area contributed by atoms with E-state index < -0.39 is 0 Å². The molecule has 2 aromatic rings. The van der Waals surface area contributed by atoms with Gasteiger partial charge in [0.05, 0.1) is 0 Å². The van der Waals surface area contributed by atoms with Crippen LogP contribution < -0.4 is 0 Å². The predicted molar refractivity (Wildman–Crippen MR) is 52.0 cm³/mol. The molecule has 72 valence electrons. The second-order valence-corrected chi connectivity index (χ2v) is 3.21. The molecule has 0 N–H and O–H groups in total. The monoisotopic (exact) mass is 229 g/mol. The van der Waals surface area contributed by atoms with Gasteiger partial charge < -0.3 is 0 Å². The van der Waals surface area contributed by atoms with Crippen LogP contribution in [0.25, 0.3) is 11.5 Å². The number of halogens is 2. The maximum Gasteiger partial charge on any atom is 0.227 e. The molecule has 0 unspecified atom stereocenters. The molecular weight excluding hydrogens is 225 g/mol. The van der Waals surface area contributed by atoms with Crippen LogP contribution in [0.5, 0.6) is 0 Å². The first-order chi connectivity index (χ1) is 6.66. The van der Waals surface area contributed by atoms with E-state index >= 15 is 0 Å². The highest BCUT2D eigenvalue weighted by Gasteiger charge is 2.08. The minimum Gasteiger partial charge on any atom is -0.265 e. The molecule has 0 aliphatic heterocycles. The summed E-state index contributed by atoms with van der Waals surface area (Å²) in [4.78, 5) is 11.5. The number of hydrogen-bond acceptors (Lipinski definition) is 4.